The monoisotopic (exact) mass is 1260 g/mol. The standard InChI is InChI=1S/C68H117N11O11/c1-15-17-35-68(9,50-24-21-19-18-20-22-25-50)75-65(86)49-33-37-78(38-34-49)57(82)32-31-55(80)74-60(44(3)4)66(87)70-42-56(81)72-51-29-27-48(28-30-51)39-52(41-69)73-64(85)47(8)63(90-14)53-26-23-36-79(53)58(83)40-54(89-13)62(46(7)16-2)77(12)59(84)43-71-67(88)61(45(5)6)76(10)11/h27-30,44-47,49-50,52-54,60-63H,15-26,31-43,69H2,1-14H3,(H,70,87)(H,71,88)(H,72,81)(H,73,85)(H,74,80)(H,75,86)/t46-,47+,52-,53-,54+,60?,61?,62?,63+,68?/m0/s1. The van der Waals surface area contributed by atoms with Crippen LogP contribution in [0.25, 0.3) is 0 Å². The predicted molar refractivity (Wildman–Crippen MR) is 351 cm³/mol. The van der Waals surface area contributed by atoms with Gasteiger partial charge in [-0.3, -0.25) is 48.1 Å². The highest BCUT2D eigenvalue weighted by Crippen LogP contribution is 2.36. The van der Waals surface area contributed by atoms with Crippen LogP contribution in [0.4, 0.5) is 5.69 Å². The number of anilines is 1. The Morgan fingerprint density at radius 2 is 1.34 bits per heavy atom. The van der Waals surface area contributed by atoms with Gasteiger partial charge in [-0.2, -0.15) is 0 Å². The van der Waals surface area contributed by atoms with Crippen molar-refractivity contribution >= 4 is 58.9 Å². The van der Waals surface area contributed by atoms with Gasteiger partial charge in [-0.1, -0.05) is 119 Å². The summed E-state index contributed by atoms with van der Waals surface area (Å²) in [5.41, 5.74) is 7.29. The second kappa shape index (κ2) is 38.3. The maximum Gasteiger partial charge on any atom is 0.243 e. The van der Waals surface area contributed by atoms with Crippen LogP contribution in [0.5, 0.6) is 0 Å². The lowest BCUT2D eigenvalue weighted by Gasteiger charge is -2.41. The number of benzene rings is 1. The molecule has 8 N–H and O–H groups in total. The van der Waals surface area contributed by atoms with Crippen molar-refractivity contribution in [2.45, 2.75) is 232 Å². The Morgan fingerprint density at radius 3 is 1.91 bits per heavy atom. The van der Waals surface area contributed by atoms with Gasteiger partial charge in [-0.05, 0) is 114 Å². The van der Waals surface area contributed by atoms with E-state index in [-0.39, 0.29) is 104 Å². The van der Waals surface area contributed by atoms with Crippen molar-refractivity contribution in [1.82, 2.24) is 46.2 Å². The van der Waals surface area contributed by atoms with Gasteiger partial charge in [0.05, 0.1) is 55.8 Å². The first-order valence-corrected chi connectivity index (χ1v) is 33.8. The first kappa shape index (κ1) is 76.7. The Morgan fingerprint density at radius 1 is 0.711 bits per heavy atom. The summed E-state index contributed by atoms with van der Waals surface area (Å²) >= 11 is 0. The molecule has 0 spiro atoms. The Kier molecular flexibility index (Phi) is 32.7. The molecular weight excluding hydrogens is 1150 g/mol. The molecule has 3 fully saturated rings. The normalized spacial score (nSPS) is 19.4. The summed E-state index contributed by atoms with van der Waals surface area (Å²) in [6.07, 6.45) is 13.8. The van der Waals surface area contributed by atoms with E-state index in [0.29, 0.717) is 69.8 Å². The van der Waals surface area contributed by atoms with Crippen LogP contribution in [0.3, 0.4) is 0 Å². The van der Waals surface area contributed by atoms with E-state index in [1.807, 2.05) is 58.8 Å². The van der Waals surface area contributed by atoms with Crippen LogP contribution >= 0.6 is 0 Å². The maximum absolute atomic E-state index is 14.3. The van der Waals surface area contributed by atoms with E-state index in [1.54, 1.807) is 54.7 Å². The van der Waals surface area contributed by atoms with Crippen LogP contribution in [-0.4, -0.2) is 195 Å². The zero-order valence-electron chi connectivity index (χ0n) is 57.3. The van der Waals surface area contributed by atoms with Gasteiger partial charge in [-0.15, -0.1) is 0 Å². The minimum atomic E-state index is -0.943. The summed E-state index contributed by atoms with van der Waals surface area (Å²) < 4.78 is 12.0. The molecule has 2 aliphatic heterocycles. The first-order chi connectivity index (χ1) is 42.7. The summed E-state index contributed by atoms with van der Waals surface area (Å²) in [7, 11) is 8.41. The maximum atomic E-state index is 14.3. The molecule has 1 saturated carbocycles. The summed E-state index contributed by atoms with van der Waals surface area (Å²) in [6, 6.07) is 4.38. The molecule has 1 aromatic carbocycles. The molecule has 1 aliphatic carbocycles. The Labute approximate surface area is 538 Å². The largest absolute Gasteiger partial charge is 0.379 e. The molecule has 4 rings (SSSR count). The molecule has 10 atom stereocenters. The summed E-state index contributed by atoms with van der Waals surface area (Å²) in [5, 5.41) is 17.6. The third-order valence-electron chi connectivity index (χ3n) is 19.5. The van der Waals surface area contributed by atoms with E-state index >= 15 is 0 Å². The third kappa shape index (κ3) is 23.1. The van der Waals surface area contributed by atoms with Crippen molar-refractivity contribution in [3.8, 4) is 0 Å². The number of methoxy groups -OCH3 is 2. The van der Waals surface area contributed by atoms with E-state index < -0.39 is 66.1 Å². The number of nitrogens with one attached hydrogen (secondary N) is 6. The number of likely N-dealkylation sites (tertiary alicyclic amines) is 2. The summed E-state index contributed by atoms with van der Waals surface area (Å²) in [6.45, 7) is 18.7. The molecule has 4 unspecified atom stereocenters. The molecule has 90 heavy (non-hydrogen) atoms. The number of unbranched alkanes of at least 4 members (excludes halogenated alkanes) is 1. The lowest BCUT2D eigenvalue weighted by Crippen LogP contribution is -2.55. The van der Waals surface area contributed by atoms with E-state index in [9.17, 15) is 43.2 Å². The second-order valence-corrected chi connectivity index (χ2v) is 27.1. The Balaban J connectivity index is 1.23. The molecule has 22 nitrogen and oxygen atoms in total. The lowest BCUT2D eigenvalue weighted by atomic mass is 9.74. The number of rotatable bonds is 35. The number of hydrogen-bond donors (Lipinski definition) is 7. The van der Waals surface area contributed by atoms with Gasteiger partial charge < -0.3 is 61.8 Å². The highest BCUT2D eigenvalue weighted by atomic mass is 16.5. The smallest absolute Gasteiger partial charge is 0.243 e. The van der Waals surface area contributed by atoms with E-state index in [1.165, 1.54) is 46.3 Å². The zero-order chi connectivity index (χ0) is 66.8. The average Bonchev–Trinajstić information content (AvgIpc) is 1.56. The molecule has 22 heteroatoms. The van der Waals surface area contributed by atoms with Gasteiger partial charge in [0.25, 0.3) is 0 Å². The summed E-state index contributed by atoms with van der Waals surface area (Å²) in [5.74, 6) is -3.23. The van der Waals surface area contributed by atoms with Crippen molar-refractivity contribution in [3.05, 3.63) is 29.8 Å². The van der Waals surface area contributed by atoms with Gasteiger partial charge in [0, 0.05) is 83.5 Å². The highest BCUT2D eigenvalue weighted by Gasteiger charge is 2.43. The molecule has 2 saturated heterocycles. The van der Waals surface area contributed by atoms with E-state index in [0.717, 1.165) is 37.7 Å². The number of nitrogens with zero attached hydrogens (tertiary/aromatic N) is 4. The number of likely N-dealkylation sites (N-methyl/N-ethyl adjacent to an activating group) is 2. The van der Waals surface area contributed by atoms with Crippen LogP contribution < -0.4 is 37.6 Å². The molecule has 2 heterocycles. The third-order valence-corrected chi connectivity index (χ3v) is 19.5. The number of hydrogen-bond acceptors (Lipinski definition) is 13. The zero-order valence-corrected chi connectivity index (χ0v) is 57.3. The van der Waals surface area contributed by atoms with Gasteiger partial charge in [0.1, 0.15) is 6.04 Å². The van der Waals surface area contributed by atoms with Crippen molar-refractivity contribution in [2.24, 2.45) is 41.2 Å². The van der Waals surface area contributed by atoms with Gasteiger partial charge in [0.2, 0.25) is 53.2 Å². The van der Waals surface area contributed by atoms with Gasteiger partial charge in [0.15, 0.2) is 0 Å². The van der Waals surface area contributed by atoms with Gasteiger partial charge >= 0.3 is 0 Å². The molecule has 510 valence electrons. The van der Waals surface area contributed by atoms with E-state index in [2.05, 4.69) is 45.7 Å². The molecular formula is C68H117N11O11. The minimum Gasteiger partial charge on any atom is -0.379 e. The van der Waals surface area contributed by atoms with Crippen molar-refractivity contribution in [1.29, 1.82) is 0 Å². The number of carbonyl (C=O) groups is 9. The fraction of sp³-hybridized carbons (Fsp3) is 0.779. The minimum absolute atomic E-state index is 0.00946. The lowest BCUT2D eigenvalue weighted by molar-refractivity contribution is -0.146. The van der Waals surface area contributed by atoms with Crippen molar-refractivity contribution in [3.63, 3.8) is 0 Å². The number of piperidine rings is 1. The molecule has 0 aromatic heterocycles. The van der Waals surface area contributed by atoms with Crippen LogP contribution in [-0.2, 0) is 59.0 Å². The van der Waals surface area contributed by atoms with Crippen molar-refractivity contribution in [2.75, 3.05) is 79.9 Å². The molecule has 1 aromatic rings. The van der Waals surface area contributed by atoms with Crippen molar-refractivity contribution < 1.29 is 52.6 Å². The molecule has 0 radical (unpaired) electrons. The SMILES string of the molecule is CCCCC(C)(NC(=O)C1CCN(C(=O)CCC(=O)NC(C(=O)NCC(=O)Nc2ccc(C[C@@H](CN)NC(=O)[C@H](C)[C@@H](OC)[C@@H]3CCCN3C(=O)C[C@@H](OC)C([C@@H](C)CC)N(C)C(=O)CNC(=O)C(C(C)C)N(C)C)cc2)C(C)C)CC1)C1CCCCCCC1. The first-order valence-electron chi connectivity index (χ1n) is 33.8. The quantitative estimate of drug-likeness (QED) is 0.0415. The predicted octanol–water partition coefficient (Wildman–Crippen LogP) is 5.94. The Bertz CT molecular complexity index is 2440. The van der Waals surface area contributed by atoms with Crippen LogP contribution in [0.15, 0.2) is 24.3 Å². The highest BCUT2D eigenvalue weighted by molar-refractivity contribution is 5.96. The second-order valence-electron chi connectivity index (χ2n) is 27.1. The molecule has 9 amide bonds. The summed E-state index contributed by atoms with van der Waals surface area (Å²) in [4.78, 5) is 129. The van der Waals surface area contributed by atoms with Gasteiger partial charge in [-0.25, -0.2) is 0 Å². The fourth-order valence-electron chi connectivity index (χ4n) is 13.8. The number of ether oxygens (including phenoxy) is 2. The average molecular weight is 1260 g/mol. The number of nitrogens with two attached hydrogens (primary N) is 1. The number of carbonyl (C=O) groups excluding carboxylic acids is 9. The van der Waals surface area contributed by atoms with Crippen LogP contribution in [0.1, 0.15) is 183 Å². The topological polar surface area (TPSA) is 283 Å². The fourth-order valence-corrected chi connectivity index (χ4v) is 13.8. The van der Waals surface area contributed by atoms with Crippen LogP contribution in [0, 0.1) is 35.5 Å². The van der Waals surface area contributed by atoms with E-state index in [4.69, 9.17) is 15.2 Å². The Hall–Kier alpha value is -5.71. The van der Waals surface area contributed by atoms with Crippen LogP contribution in [0.2, 0.25) is 0 Å². The molecule has 3 aliphatic rings. The number of amides is 9. The molecule has 0 bridgehead atoms.